The fourth-order valence-electron chi connectivity index (χ4n) is 1.36. The van der Waals surface area contributed by atoms with Crippen LogP contribution in [-0.2, 0) is 21.4 Å². The first-order valence-corrected chi connectivity index (χ1v) is 7.14. The number of hydrogen-bond donors (Lipinski definition) is 0. The first-order valence-electron chi connectivity index (χ1n) is 5.16. The van der Waals surface area contributed by atoms with Crippen LogP contribution in [0.5, 0.6) is 0 Å². The van der Waals surface area contributed by atoms with Gasteiger partial charge in [0.15, 0.2) is 0 Å². The quantitative estimate of drug-likeness (QED) is 0.741. The van der Waals surface area contributed by atoms with E-state index in [9.17, 15) is 13.2 Å². The van der Waals surface area contributed by atoms with Gasteiger partial charge in [-0.25, -0.2) is 8.42 Å². The normalized spacial score (nSPS) is 11.7. The second-order valence-electron chi connectivity index (χ2n) is 3.51. The van der Waals surface area contributed by atoms with Crippen LogP contribution < -0.4 is 0 Å². The zero-order chi connectivity index (χ0) is 12.9. The van der Waals surface area contributed by atoms with Gasteiger partial charge < -0.3 is 0 Å². The highest BCUT2D eigenvalue weighted by atomic mass is 35.5. The second-order valence-corrected chi connectivity index (χ2v) is 6.19. The van der Waals surface area contributed by atoms with Crippen LogP contribution >= 0.6 is 11.6 Å². The summed E-state index contributed by atoms with van der Waals surface area (Å²) in [7, 11) is -3.43. The maximum Gasteiger partial charge on any atom is 0.236 e. The number of carbonyl (C=O) groups is 1. The van der Waals surface area contributed by atoms with Crippen molar-refractivity contribution in [2.24, 2.45) is 0 Å². The summed E-state index contributed by atoms with van der Waals surface area (Å²) < 4.78 is 24.6. The van der Waals surface area contributed by atoms with Crippen molar-refractivity contribution in [1.29, 1.82) is 0 Å². The summed E-state index contributed by atoms with van der Waals surface area (Å²) in [6, 6.07) is 9.08. The Morgan fingerprint density at radius 3 is 2.35 bits per heavy atom. The van der Waals surface area contributed by atoms with Crippen molar-refractivity contribution < 1.29 is 13.2 Å². The van der Waals surface area contributed by atoms with Crippen molar-refractivity contribution in [3.05, 3.63) is 35.9 Å². The molecular weight excluding hydrogens is 262 g/mol. The smallest absolute Gasteiger partial charge is 0.236 e. The molecule has 0 aliphatic rings. The van der Waals surface area contributed by atoms with Crippen molar-refractivity contribution in [2.45, 2.75) is 13.5 Å². The topological polar surface area (TPSA) is 54.5 Å². The predicted molar refractivity (Wildman–Crippen MR) is 67.2 cm³/mol. The van der Waals surface area contributed by atoms with Crippen molar-refractivity contribution in [3.63, 3.8) is 0 Å². The molecule has 6 heteroatoms. The van der Waals surface area contributed by atoms with Crippen LogP contribution in [0.25, 0.3) is 0 Å². The minimum Gasteiger partial charge on any atom is -0.280 e. The van der Waals surface area contributed by atoms with Gasteiger partial charge in [0.25, 0.3) is 0 Å². The lowest BCUT2D eigenvalue weighted by Gasteiger charge is -2.19. The predicted octanol–water partition coefficient (Wildman–Crippen LogP) is 1.60. The van der Waals surface area contributed by atoms with Gasteiger partial charge in [-0.15, -0.1) is 0 Å². The van der Waals surface area contributed by atoms with Gasteiger partial charge in [-0.1, -0.05) is 30.3 Å². The Labute approximate surface area is 106 Å². The standard InChI is InChI=1S/C11H14ClNO3S/c1-2-17(15,16)13(9-11(12)14)8-10-6-4-3-5-7-10/h3-7H,2,8-9H2,1H3. The maximum atomic E-state index is 11.8. The van der Waals surface area contributed by atoms with Crippen LogP contribution in [0.3, 0.4) is 0 Å². The Balaban J connectivity index is 2.89. The minimum absolute atomic E-state index is 0.0516. The summed E-state index contributed by atoms with van der Waals surface area (Å²) in [6.07, 6.45) is 0. The molecule has 4 nitrogen and oxygen atoms in total. The number of nitrogens with zero attached hydrogens (tertiary/aromatic N) is 1. The molecule has 0 atom stereocenters. The van der Waals surface area contributed by atoms with Gasteiger partial charge in [-0.05, 0) is 24.1 Å². The van der Waals surface area contributed by atoms with E-state index >= 15 is 0 Å². The summed E-state index contributed by atoms with van der Waals surface area (Å²) in [5, 5.41) is -0.682. The van der Waals surface area contributed by atoms with Gasteiger partial charge in [0, 0.05) is 6.54 Å². The number of sulfonamides is 1. The molecule has 94 valence electrons. The summed E-state index contributed by atoms with van der Waals surface area (Å²) in [4.78, 5) is 10.9. The third kappa shape index (κ3) is 4.46. The molecule has 0 N–H and O–H groups in total. The average Bonchev–Trinajstić information content (AvgIpc) is 2.29. The molecule has 0 saturated heterocycles. The van der Waals surface area contributed by atoms with Gasteiger partial charge in [-0.3, -0.25) is 4.79 Å². The van der Waals surface area contributed by atoms with Crippen LogP contribution in [0.15, 0.2) is 30.3 Å². The summed E-state index contributed by atoms with van der Waals surface area (Å²) in [5.41, 5.74) is 0.822. The molecule has 0 unspecified atom stereocenters. The van der Waals surface area contributed by atoms with E-state index in [1.807, 2.05) is 18.2 Å². The van der Waals surface area contributed by atoms with Crippen LogP contribution in [0.4, 0.5) is 0 Å². The summed E-state index contributed by atoms with van der Waals surface area (Å²) >= 11 is 5.26. The van der Waals surface area contributed by atoms with Gasteiger partial charge >= 0.3 is 0 Å². The van der Waals surface area contributed by atoms with Crippen LogP contribution in [0, 0.1) is 0 Å². The third-order valence-electron chi connectivity index (χ3n) is 2.26. The first-order chi connectivity index (χ1) is 7.95. The summed E-state index contributed by atoms with van der Waals surface area (Å²) in [6.45, 7) is 1.40. The zero-order valence-corrected chi connectivity index (χ0v) is 11.0. The van der Waals surface area contributed by atoms with E-state index in [1.165, 1.54) is 6.92 Å². The Morgan fingerprint density at radius 1 is 1.29 bits per heavy atom. The van der Waals surface area contributed by atoms with Gasteiger partial charge in [0.2, 0.25) is 15.3 Å². The van der Waals surface area contributed by atoms with Gasteiger partial charge in [0.1, 0.15) is 0 Å². The molecule has 0 amide bonds. The van der Waals surface area contributed by atoms with E-state index in [4.69, 9.17) is 11.6 Å². The molecule has 17 heavy (non-hydrogen) atoms. The monoisotopic (exact) mass is 275 g/mol. The number of halogens is 1. The number of rotatable bonds is 6. The van der Waals surface area contributed by atoms with E-state index in [-0.39, 0.29) is 18.8 Å². The third-order valence-corrected chi connectivity index (χ3v) is 4.15. The van der Waals surface area contributed by atoms with Crippen molar-refractivity contribution in [1.82, 2.24) is 4.31 Å². The van der Waals surface area contributed by atoms with Gasteiger partial charge in [-0.2, -0.15) is 4.31 Å². The van der Waals surface area contributed by atoms with Gasteiger partial charge in [0.05, 0.1) is 12.3 Å². The molecule has 0 saturated carbocycles. The summed E-state index contributed by atoms with van der Waals surface area (Å²) in [5.74, 6) is -0.0516. The average molecular weight is 276 g/mol. The highest BCUT2D eigenvalue weighted by Gasteiger charge is 2.22. The number of hydrogen-bond acceptors (Lipinski definition) is 3. The molecular formula is C11H14ClNO3S. The van der Waals surface area contributed by atoms with Crippen LogP contribution in [0.1, 0.15) is 12.5 Å². The SMILES string of the molecule is CCS(=O)(=O)N(CC(=O)Cl)Cc1ccccc1. The lowest BCUT2D eigenvalue weighted by Crippen LogP contribution is -2.35. The fourth-order valence-corrected chi connectivity index (χ4v) is 2.60. The Hall–Kier alpha value is -0.910. The van der Waals surface area contributed by atoms with Crippen LogP contribution in [0.2, 0.25) is 0 Å². The van der Waals surface area contributed by atoms with E-state index in [2.05, 4.69) is 0 Å². The van der Waals surface area contributed by atoms with E-state index in [0.29, 0.717) is 0 Å². The zero-order valence-electron chi connectivity index (χ0n) is 9.47. The fraction of sp³-hybridized carbons (Fsp3) is 0.364. The van der Waals surface area contributed by atoms with Crippen molar-refractivity contribution >= 4 is 26.9 Å². The van der Waals surface area contributed by atoms with Crippen molar-refractivity contribution in [3.8, 4) is 0 Å². The molecule has 0 fully saturated rings. The molecule has 0 aromatic heterocycles. The molecule has 1 rings (SSSR count). The van der Waals surface area contributed by atoms with E-state index < -0.39 is 15.3 Å². The number of benzene rings is 1. The molecule has 1 aromatic rings. The lowest BCUT2D eigenvalue weighted by molar-refractivity contribution is -0.111. The molecule has 0 heterocycles. The largest absolute Gasteiger partial charge is 0.280 e. The highest BCUT2D eigenvalue weighted by molar-refractivity contribution is 7.89. The Morgan fingerprint density at radius 2 is 1.88 bits per heavy atom. The molecule has 0 aliphatic carbocycles. The Kier molecular flexibility index (Phi) is 5.11. The maximum absolute atomic E-state index is 11.8. The lowest BCUT2D eigenvalue weighted by atomic mass is 10.2. The highest BCUT2D eigenvalue weighted by Crippen LogP contribution is 2.10. The molecule has 0 aliphatic heterocycles. The van der Waals surface area contributed by atoms with Crippen molar-refractivity contribution in [2.75, 3.05) is 12.3 Å². The number of carbonyl (C=O) groups excluding carboxylic acids is 1. The second kappa shape index (κ2) is 6.14. The van der Waals surface area contributed by atoms with E-state index in [0.717, 1.165) is 9.87 Å². The van der Waals surface area contributed by atoms with Crippen LogP contribution in [-0.4, -0.2) is 30.3 Å². The Bertz CT molecular complexity index is 473. The molecule has 1 aromatic carbocycles. The first kappa shape index (κ1) is 14.2. The molecule has 0 bridgehead atoms. The molecule has 0 spiro atoms. The minimum atomic E-state index is -3.43. The molecule has 0 radical (unpaired) electrons. The van der Waals surface area contributed by atoms with E-state index in [1.54, 1.807) is 12.1 Å².